The number of aromatic nitrogens is 2. The lowest BCUT2D eigenvalue weighted by atomic mass is 10.0. The first-order valence-corrected chi connectivity index (χ1v) is 10.3. The molecule has 3 aromatic rings. The highest BCUT2D eigenvalue weighted by atomic mass is 16.5. The van der Waals surface area contributed by atoms with E-state index in [1.165, 1.54) is 0 Å². The highest BCUT2D eigenvalue weighted by molar-refractivity contribution is 5.73. The van der Waals surface area contributed by atoms with E-state index < -0.39 is 0 Å². The molecule has 0 saturated heterocycles. The number of furan rings is 1. The van der Waals surface area contributed by atoms with Gasteiger partial charge in [0.25, 0.3) is 5.56 Å². The van der Waals surface area contributed by atoms with E-state index in [0.29, 0.717) is 36.5 Å². The molecular weight excluding hydrogens is 396 g/mol. The Balaban J connectivity index is 1.86. The van der Waals surface area contributed by atoms with Gasteiger partial charge in [0.05, 0.1) is 32.2 Å². The highest BCUT2D eigenvalue weighted by Gasteiger charge is 2.18. The van der Waals surface area contributed by atoms with Gasteiger partial charge >= 0.3 is 6.03 Å². The molecule has 2 N–H and O–H groups in total. The normalized spacial score (nSPS) is 10.7. The molecule has 31 heavy (non-hydrogen) atoms. The van der Waals surface area contributed by atoms with Crippen LogP contribution >= 0.6 is 0 Å². The zero-order chi connectivity index (χ0) is 22.2. The third kappa shape index (κ3) is 5.75. The molecule has 8 nitrogen and oxygen atoms in total. The fourth-order valence-corrected chi connectivity index (χ4v) is 3.37. The number of carbonyl (C=O) groups is 1. The Labute approximate surface area is 181 Å². The van der Waals surface area contributed by atoms with Crippen molar-refractivity contribution in [2.45, 2.75) is 39.8 Å². The van der Waals surface area contributed by atoms with Crippen LogP contribution in [0.25, 0.3) is 0 Å². The number of benzene rings is 1. The second-order valence-corrected chi connectivity index (χ2v) is 7.09. The first kappa shape index (κ1) is 22.1. The fraction of sp³-hybridized carbons (Fsp3) is 0.348. The van der Waals surface area contributed by atoms with Gasteiger partial charge in [0.15, 0.2) is 0 Å². The SMILES string of the molecule is CCNC(=O)N(Cc1nc(CC)c(Cc2cccc(OC)c2)c(=O)[nH]1)Cc1ccco1. The van der Waals surface area contributed by atoms with Crippen LogP contribution in [-0.2, 0) is 25.9 Å². The van der Waals surface area contributed by atoms with Crippen LogP contribution in [0.2, 0.25) is 0 Å². The molecule has 0 fully saturated rings. The van der Waals surface area contributed by atoms with Crippen LogP contribution in [0.1, 0.15) is 42.3 Å². The first-order chi connectivity index (χ1) is 15.0. The smallest absolute Gasteiger partial charge is 0.318 e. The largest absolute Gasteiger partial charge is 0.497 e. The van der Waals surface area contributed by atoms with Crippen molar-refractivity contribution >= 4 is 6.03 Å². The van der Waals surface area contributed by atoms with E-state index in [4.69, 9.17) is 9.15 Å². The van der Waals surface area contributed by atoms with E-state index in [0.717, 1.165) is 17.0 Å². The summed E-state index contributed by atoms with van der Waals surface area (Å²) in [6.45, 7) is 4.75. The molecule has 0 aliphatic heterocycles. The second kappa shape index (κ2) is 10.5. The quantitative estimate of drug-likeness (QED) is 0.549. The van der Waals surface area contributed by atoms with Crippen molar-refractivity contribution in [1.29, 1.82) is 0 Å². The van der Waals surface area contributed by atoms with Crippen LogP contribution in [-0.4, -0.2) is 34.6 Å². The summed E-state index contributed by atoms with van der Waals surface area (Å²) in [5.74, 6) is 1.83. The maximum atomic E-state index is 12.9. The molecule has 0 aliphatic carbocycles. The molecule has 2 aromatic heterocycles. The fourth-order valence-electron chi connectivity index (χ4n) is 3.37. The van der Waals surface area contributed by atoms with Gasteiger partial charge in [0, 0.05) is 18.5 Å². The molecule has 1 aromatic carbocycles. The molecular formula is C23H28N4O4. The lowest BCUT2D eigenvalue weighted by Crippen LogP contribution is -2.39. The summed E-state index contributed by atoms with van der Waals surface area (Å²) in [7, 11) is 1.61. The monoisotopic (exact) mass is 424 g/mol. The maximum Gasteiger partial charge on any atom is 0.318 e. The van der Waals surface area contributed by atoms with E-state index in [1.54, 1.807) is 30.4 Å². The molecule has 8 heteroatoms. The van der Waals surface area contributed by atoms with Crippen molar-refractivity contribution in [3.63, 3.8) is 0 Å². The molecule has 0 radical (unpaired) electrons. The number of rotatable bonds is 9. The van der Waals surface area contributed by atoms with E-state index in [1.807, 2.05) is 38.1 Å². The molecule has 0 spiro atoms. The van der Waals surface area contributed by atoms with Crippen molar-refractivity contribution in [1.82, 2.24) is 20.2 Å². The number of urea groups is 1. The lowest BCUT2D eigenvalue weighted by molar-refractivity contribution is 0.186. The number of hydrogen-bond donors (Lipinski definition) is 2. The Kier molecular flexibility index (Phi) is 7.48. The van der Waals surface area contributed by atoms with E-state index in [9.17, 15) is 9.59 Å². The van der Waals surface area contributed by atoms with Crippen LogP contribution in [0.15, 0.2) is 51.9 Å². The van der Waals surface area contributed by atoms with Crippen molar-refractivity contribution < 1.29 is 13.9 Å². The van der Waals surface area contributed by atoms with Crippen molar-refractivity contribution in [3.05, 3.63) is 81.4 Å². The van der Waals surface area contributed by atoms with Crippen LogP contribution in [0.4, 0.5) is 4.79 Å². The van der Waals surface area contributed by atoms with Gasteiger partial charge in [-0.1, -0.05) is 19.1 Å². The predicted octanol–water partition coefficient (Wildman–Crippen LogP) is 3.26. The number of methoxy groups -OCH3 is 1. The molecule has 2 heterocycles. The number of hydrogen-bond acceptors (Lipinski definition) is 5. The number of nitrogens with one attached hydrogen (secondary N) is 2. The number of H-pyrrole nitrogens is 1. The van der Waals surface area contributed by atoms with Crippen molar-refractivity contribution in [2.75, 3.05) is 13.7 Å². The Morgan fingerprint density at radius 3 is 2.74 bits per heavy atom. The zero-order valence-corrected chi connectivity index (χ0v) is 18.1. The predicted molar refractivity (Wildman–Crippen MR) is 117 cm³/mol. The Hall–Kier alpha value is -3.55. The van der Waals surface area contributed by atoms with E-state index in [2.05, 4.69) is 15.3 Å². The lowest BCUT2D eigenvalue weighted by Gasteiger charge is -2.22. The second-order valence-electron chi connectivity index (χ2n) is 7.09. The Bertz CT molecular complexity index is 1060. The van der Waals surface area contributed by atoms with Gasteiger partial charge < -0.3 is 24.4 Å². The molecule has 0 aliphatic rings. The number of aromatic amines is 1. The average molecular weight is 425 g/mol. The highest BCUT2D eigenvalue weighted by Crippen LogP contribution is 2.17. The number of aryl methyl sites for hydroxylation is 1. The summed E-state index contributed by atoms with van der Waals surface area (Å²) in [6.07, 6.45) is 2.62. The van der Waals surface area contributed by atoms with E-state index >= 15 is 0 Å². The minimum absolute atomic E-state index is 0.161. The zero-order valence-electron chi connectivity index (χ0n) is 18.1. The van der Waals surface area contributed by atoms with Gasteiger partial charge in [-0.3, -0.25) is 4.79 Å². The number of nitrogens with zero attached hydrogens (tertiary/aromatic N) is 2. The van der Waals surface area contributed by atoms with Crippen molar-refractivity contribution in [2.24, 2.45) is 0 Å². The molecule has 0 atom stereocenters. The Morgan fingerprint density at radius 1 is 1.23 bits per heavy atom. The van der Waals surface area contributed by atoms with Crippen LogP contribution in [0.3, 0.4) is 0 Å². The number of ether oxygens (including phenoxy) is 1. The average Bonchev–Trinajstić information content (AvgIpc) is 3.28. The summed E-state index contributed by atoms with van der Waals surface area (Å²) in [5.41, 5.74) is 2.11. The van der Waals surface area contributed by atoms with Gasteiger partial charge in [-0.05, 0) is 43.2 Å². The third-order valence-corrected chi connectivity index (χ3v) is 4.88. The minimum atomic E-state index is -0.250. The topological polar surface area (TPSA) is 100 Å². The number of carbonyl (C=O) groups excluding carboxylic acids is 1. The van der Waals surface area contributed by atoms with Crippen LogP contribution in [0.5, 0.6) is 5.75 Å². The van der Waals surface area contributed by atoms with Gasteiger partial charge in [0.1, 0.15) is 17.3 Å². The minimum Gasteiger partial charge on any atom is -0.497 e. The molecule has 2 amide bonds. The third-order valence-electron chi connectivity index (χ3n) is 4.88. The summed E-state index contributed by atoms with van der Waals surface area (Å²) < 4.78 is 10.7. The molecule has 0 unspecified atom stereocenters. The van der Waals surface area contributed by atoms with Gasteiger partial charge in [-0.15, -0.1) is 0 Å². The summed E-state index contributed by atoms with van der Waals surface area (Å²) >= 11 is 0. The molecule has 3 rings (SSSR count). The number of amides is 2. The van der Waals surface area contributed by atoms with Crippen LogP contribution < -0.4 is 15.6 Å². The van der Waals surface area contributed by atoms with Gasteiger partial charge in [-0.25, -0.2) is 9.78 Å². The van der Waals surface area contributed by atoms with Crippen LogP contribution in [0, 0.1) is 0 Å². The summed E-state index contributed by atoms with van der Waals surface area (Å²) in [4.78, 5) is 34.5. The first-order valence-electron chi connectivity index (χ1n) is 10.3. The Morgan fingerprint density at radius 2 is 2.06 bits per heavy atom. The summed E-state index contributed by atoms with van der Waals surface area (Å²) in [5, 5.41) is 2.79. The maximum absolute atomic E-state index is 12.9. The van der Waals surface area contributed by atoms with Gasteiger partial charge in [0.2, 0.25) is 0 Å². The molecule has 0 bridgehead atoms. The van der Waals surface area contributed by atoms with E-state index in [-0.39, 0.29) is 24.7 Å². The van der Waals surface area contributed by atoms with Gasteiger partial charge in [-0.2, -0.15) is 0 Å². The molecule has 0 saturated carbocycles. The van der Waals surface area contributed by atoms with Crippen molar-refractivity contribution in [3.8, 4) is 5.75 Å². The molecule has 164 valence electrons. The summed E-state index contributed by atoms with van der Waals surface area (Å²) in [6, 6.07) is 11.0. The standard InChI is InChI=1S/C23H28N4O4/c1-4-20-19(13-16-8-6-9-17(12-16)30-3)22(28)26-21(25-20)15-27(23(29)24-5-2)14-18-10-7-11-31-18/h6-12H,4-5,13-15H2,1-3H3,(H,24,29)(H,25,26,28).